The molecule has 0 nitrogen and oxygen atoms in total. The van der Waals surface area contributed by atoms with Crippen molar-refractivity contribution in [1.82, 2.24) is 0 Å². The van der Waals surface area contributed by atoms with Crippen LogP contribution in [0.15, 0.2) is 29.4 Å². The maximum absolute atomic E-state index is 5.57. The van der Waals surface area contributed by atoms with Gasteiger partial charge in [0.1, 0.15) is 0 Å². The second-order valence-corrected chi connectivity index (χ2v) is 11.9. The van der Waals surface area contributed by atoms with Gasteiger partial charge in [0.25, 0.3) is 0 Å². The lowest BCUT2D eigenvalue weighted by Crippen LogP contribution is -1.98. The highest BCUT2D eigenvalue weighted by Gasteiger charge is 2.37. The topological polar surface area (TPSA) is 0 Å². The first-order chi connectivity index (χ1) is 9.75. The average molecular weight is 409 g/mol. The van der Waals surface area contributed by atoms with Gasteiger partial charge < -0.3 is 0 Å². The Morgan fingerprint density at radius 1 is 0.500 bits per heavy atom. The summed E-state index contributed by atoms with van der Waals surface area (Å²) >= 11 is 22.5. The first kappa shape index (κ1) is 15.1. The second kappa shape index (κ2) is 6.19. The van der Waals surface area contributed by atoms with Gasteiger partial charge in [-0.25, -0.2) is 0 Å². The molecule has 0 saturated carbocycles. The van der Waals surface area contributed by atoms with Gasteiger partial charge in [0.2, 0.25) is 0 Å². The van der Waals surface area contributed by atoms with Crippen LogP contribution in [0.4, 0.5) is 0 Å². The lowest BCUT2D eigenvalue weighted by molar-refractivity contribution is 1.53. The second-order valence-electron chi connectivity index (χ2n) is 4.15. The minimum Gasteiger partial charge on any atom is -0.123 e. The molecule has 4 heterocycles. The molecule has 0 aromatic rings. The van der Waals surface area contributed by atoms with E-state index in [2.05, 4.69) is 0 Å². The lowest BCUT2D eigenvalue weighted by atomic mass is 10.4. The number of hydrogen-bond donors (Lipinski definition) is 0. The lowest BCUT2D eigenvalue weighted by Gasteiger charge is -2.16. The van der Waals surface area contributed by atoms with Crippen LogP contribution in [0.25, 0.3) is 0 Å². The van der Waals surface area contributed by atoms with E-state index in [1.807, 2.05) is 47.0 Å². The predicted molar refractivity (Wildman–Crippen MR) is 111 cm³/mol. The molecule has 4 aliphatic heterocycles. The molecule has 0 aliphatic carbocycles. The van der Waals surface area contributed by atoms with Gasteiger partial charge in [-0.15, -0.1) is 47.0 Å². The summed E-state index contributed by atoms with van der Waals surface area (Å²) in [7, 11) is 0. The highest BCUT2D eigenvalue weighted by Crippen LogP contribution is 2.59. The molecule has 0 N–H and O–H groups in total. The summed E-state index contributed by atoms with van der Waals surface area (Å²) in [6, 6.07) is 0. The first-order valence-electron chi connectivity index (χ1n) is 5.95. The van der Waals surface area contributed by atoms with Gasteiger partial charge in [0.05, 0.1) is 8.39 Å². The first-order valence-corrected chi connectivity index (χ1v) is 12.3. The Kier molecular flexibility index (Phi) is 4.66. The molecule has 0 atom stereocenters. The smallest absolute Gasteiger partial charge is 0.0902 e. The zero-order valence-corrected chi connectivity index (χ0v) is 16.6. The van der Waals surface area contributed by atoms with Gasteiger partial charge in [-0.05, 0) is 0 Å². The van der Waals surface area contributed by atoms with Gasteiger partial charge in [-0.1, -0.05) is 48.0 Å². The minimum atomic E-state index is 1.06. The van der Waals surface area contributed by atoms with Crippen molar-refractivity contribution < 1.29 is 0 Å². The Hall–Kier alpha value is 1.50. The summed E-state index contributed by atoms with van der Waals surface area (Å²) in [6.07, 6.45) is 0. The van der Waals surface area contributed by atoms with E-state index in [1.54, 1.807) is 23.5 Å². The van der Waals surface area contributed by atoms with Crippen molar-refractivity contribution in [2.45, 2.75) is 0 Å². The van der Waals surface area contributed by atoms with Crippen molar-refractivity contribution in [3.05, 3.63) is 29.4 Å². The van der Waals surface area contributed by atoms with E-state index in [4.69, 9.17) is 24.4 Å². The standard InChI is InChI=1S/C12H8S8/c13-11-9-5(15-1-3-17-9)7(19-11)8-6-10(12(14)20-8)18-4-2-16-6/h1-4H2/b8-7+. The van der Waals surface area contributed by atoms with Crippen LogP contribution in [0.3, 0.4) is 0 Å². The summed E-state index contributed by atoms with van der Waals surface area (Å²) in [6.45, 7) is 0. The van der Waals surface area contributed by atoms with Crippen molar-refractivity contribution in [1.29, 1.82) is 0 Å². The van der Waals surface area contributed by atoms with Crippen LogP contribution in [0.1, 0.15) is 0 Å². The van der Waals surface area contributed by atoms with Gasteiger partial charge in [0.15, 0.2) is 0 Å². The third kappa shape index (κ3) is 2.52. The molecular formula is C12H8S8. The van der Waals surface area contributed by atoms with Gasteiger partial charge >= 0.3 is 0 Å². The van der Waals surface area contributed by atoms with Gasteiger partial charge in [-0.2, -0.15) is 0 Å². The molecule has 4 aliphatic rings. The summed E-state index contributed by atoms with van der Waals surface area (Å²) in [5.74, 6) is 4.73. The molecule has 0 saturated heterocycles. The van der Waals surface area contributed by atoms with Crippen LogP contribution in [0.2, 0.25) is 0 Å². The van der Waals surface area contributed by atoms with Crippen molar-refractivity contribution >= 4 is 103 Å². The van der Waals surface area contributed by atoms with Crippen molar-refractivity contribution in [3.8, 4) is 0 Å². The molecule has 20 heavy (non-hydrogen) atoms. The normalized spacial score (nSPS) is 30.2. The Bertz CT molecular complexity index is 569. The molecule has 0 radical (unpaired) electrons. The van der Waals surface area contributed by atoms with E-state index in [0.29, 0.717) is 0 Å². The average Bonchev–Trinajstić information content (AvgIpc) is 2.99. The fourth-order valence-corrected chi connectivity index (χ4v) is 11.2. The molecule has 0 spiro atoms. The third-order valence-electron chi connectivity index (χ3n) is 2.94. The Morgan fingerprint density at radius 2 is 0.850 bits per heavy atom. The zero-order chi connectivity index (χ0) is 13.7. The van der Waals surface area contributed by atoms with E-state index in [-0.39, 0.29) is 0 Å². The van der Waals surface area contributed by atoms with Crippen molar-refractivity contribution in [2.75, 3.05) is 23.0 Å². The molecular weight excluding hydrogens is 401 g/mol. The van der Waals surface area contributed by atoms with Crippen LogP contribution in [-0.4, -0.2) is 31.4 Å². The summed E-state index contributed by atoms with van der Waals surface area (Å²) in [4.78, 5) is 8.30. The van der Waals surface area contributed by atoms with E-state index >= 15 is 0 Å². The Labute approximate surface area is 154 Å². The maximum atomic E-state index is 5.57. The highest BCUT2D eigenvalue weighted by atomic mass is 32.2. The molecule has 0 fully saturated rings. The maximum Gasteiger partial charge on any atom is 0.0902 e. The number of rotatable bonds is 0. The minimum absolute atomic E-state index is 1.06. The fraction of sp³-hybridized carbons (Fsp3) is 0.333. The number of thioether (sulfide) groups is 6. The van der Waals surface area contributed by atoms with E-state index in [0.717, 1.165) is 8.39 Å². The van der Waals surface area contributed by atoms with Gasteiger partial charge in [0, 0.05) is 52.4 Å². The van der Waals surface area contributed by atoms with Crippen LogP contribution in [-0.2, 0) is 0 Å². The SMILES string of the molecule is S=C1S/C(=C2/SC(=S)C3=C2SCCS3)C2=C1SCCS2. The third-order valence-corrected chi connectivity index (χ3v) is 12.0. The fourth-order valence-electron chi connectivity index (χ4n) is 2.15. The number of thiocarbonyl (C=S) groups is 2. The monoisotopic (exact) mass is 408 g/mol. The molecule has 104 valence electrons. The van der Waals surface area contributed by atoms with E-state index in [1.165, 1.54) is 52.4 Å². The predicted octanol–water partition coefficient (Wildman–Crippen LogP) is 5.73. The molecule has 0 unspecified atom stereocenters. The summed E-state index contributed by atoms with van der Waals surface area (Å²) < 4.78 is 2.13. The Morgan fingerprint density at radius 3 is 1.25 bits per heavy atom. The van der Waals surface area contributed by atoms with Crippen LogP contribution in [0, 0.1) is 0 Å². The molecule has 0 bridgehead atoms. The molecule has 0 aromatic heterocycles. The molecule has 4 rings (SSSR count). The molecule has 0 amide bonds. The number of hydrogen-bond acceptors (Lipinski definition) is 8. The van der Waals surface area contributed by atoms with E-state index < -0.39 is 0 Å². The van der Waals surface area contributed by atoms with Crippen LogP contribution >= 0.6 is 95.0 Å². The van der Waals surface area contributed by atoms with Crippen LogP contribution < -0.4 is 0 Å². The van der Waals surface area contributed by atoms with E-state index in [9.17, 15) is 0 Å². The molecule has 8 heteroatoms. The summed E-state index contributed by atoms with van der Waals surface area (Å²) in [5, 5.41) is 0. The van der Waals surface area contributed by atoms with Crippen molar-refractivity contribution in [3.63, 3.8) is 0 Å². The van der Waals surface area contributed by atoms with Crippen molar-refractivity contribution in [2.24, 2.45) is 0 Å². The summed E-state index contributed by atoms with van der Waals surface area (Å²) in [5.41, 5.74) is 0. The zero-order valence-electron chi connectivity index (χ0n) is 10.1. The highest BCUT2D eigenvalue weighted by molar-refractivity contribution is 8.33. The van der Waals surface area contributed by atoms with Crippen LogP contribution in [0.5, 0.6) is 0 Å². The Balaban J connectivity index is 1.84. The quantitative estimate of drug-likeness (QED) is 0.460. The van der Waals surface area contributed by atoms with Gasteiger partial charge in [-0.3, -0.25) is 0 Å². The largest absolute Gasteiger partial charge is 0.123 e. The molecule has 0 aromatic carbocycles.